The van der Waals surface area contributed by atoms with Gasteiger partial charge in [-0.15, -0.1) is 0 Å². The summed E-state index contributed by atoms with van der Waals surface area (Å²) in [6, 6.07) is 16.8. The molecule has 0 aliphatic carbocycles. The summed E-state index contributed by atoms with van der Waals surface area (Å²) in [5.74, 6) is -0.455. The second kappa shape index (κ2) is 27.4. The van der Waals surface area contributed by atoms with E-state index in [1.165, 1.54) is 12.4 Å². The van der Waals surface area contributed by atoms with Crippen molar-refractivity contribution in [2.75, 3.05) is 0 Å². The van der Waals surface area contributed by atoms with E-state index in [-0.39, 0.29) is 19.6 Å². The zero-order chi connectivity index (χ0) is 42.8. The van der Waals surface area contributed by atoms with Crippen LogP contribution in [0, 0.1) is 28.9 Å². The molecule has 4 rings (SSSR count). The van der Waals surface area contributed by atoms with E-state index in [9.17, 15) is 19.6 Å². The number of rotatable bonds is 14. The van der Waals surface area contributed by atoms with Gasteiger partial charge in [0.05, 0.1) is 0 Å². The molecular formula is C46H61N4O7+3. The van der Waals surface area contributed by atoms with Gasteiger partial charge in [0.1, 0.15) is 0 Å². The lowest BCUT2D eigenvalue weighted by Gasteiger charge is -1.97. The summed E-state index contributed by atoms with van der Waals surface area (Å²) in [5.41, 5.74) is 4.09. The molecular weight excluding hydrogens is 721 g/mol. The van der Waals surface area contributed by atoms with E-state index in [0.717, 1.165) is 27.1 Å². The van der Waals surface area contributed by atoms with Crippen LogP contribution in [0.5, 0.6) is 0 Å². The van der Waals surface area contributed by atoms with Crippen molar-refractivity contribution >= 4 is 42.2 Å². The number of hydrogen-bond donors (Lipinski definition) is 3. The second-order valence-corrected chi connectivity index (χ2v) is 14.5. The first-order valence-electron chi connectivity index (χ1n) is 19.0. The fourth-order valence-corrected chi connectivity index (χ4v) is 4.40. The smallest absolute Gasteiger partial charge is 0.370 e. The third kappa shape index (κ3) is 25.5. The van der Waals surface area contributed by atoms with Crippen LogP contribution in [0.1, 0.15) is 77.8 Å². The molecule has 4 aromatic rings. The highest BCUT2D eigenvalue weighted by atomic mass is 16.5. The van der Waals surface area contributed by atoms with Gasteiger partial charge in [-0.05, 0) is 46.9 Å². The molecule has 0 fully saturated rings. The molecule has 11 heteroatoms. The minimum Gasteiger partial charge on any atom is -0.619 e. The summed E-state index contributed by atoms with van der Waals surface area (Å²) in [7, 11) is 0. The minimum atomic E-state index is -0.829. The summed E-state index contributed by atoms with van der Waals surface area (Å²) in [5, 5.41) is 36.6. The molecule has 0 aliphatic heterocycles. The van der Waals surface area contributed by atoms with Gasteiger partial charge in [0.15, 0.2) is 43.4 Å². The van der Waals surface area contributed by atoms with Gasteiger partial charge in [-0.25, -0.2) is 14.4 Å². The summed E-state index contributed by atoms with van der Waals surface area (Å²) in [4.78, 5) is 31.6. The molecule has 0 aliphatic rings. The zero-order valence-electron chi connectivity index (χ0n) is 34.6. The molecule has 0 bridgehead atoms. The van der Waals surface area contributed by atoms with E-state index in [2.05, 4.69) is 73.6 Å². The van der Waals surface area contributed by atoms with E-state index in [0.29, 0.717) is 23.7 Å². The van der Waals surface area contributed by atoms with Crippen LogP contribution in [0.25, 0.3) is 24.3 Å². The molecule has 0 atom stereocenters. The fraction of sp³-hybridized carbons (Fsp3) is 0.326. The zero-order valence-corrected chi connectivity index (χ0v) is 34.6. The minimum absolute atomic E-state index is 0.00138. The number of hydrogen-bond acceptors (Lipinski definition) is 4. The van der Waals surface area contributed by atoms with Crippen molar-refractivity contribution in [3.8, 4) is 0 Å². The van der Waals surface area contributed by atoms with E-state index < -0.39 is 17.9 Å². The van der Waals surface area contributed by atoms with Crippen molar-refractivity contribution in [2.24, 2.45) is 23.7 Å². The maximum atomic E-state index is 10.7. The molecule has 4 heterocycles. The molecule has 11 nitrogen and oxygen atoms in total. The Morgan fingerprint density at radius 2 is 0.947 bits per heavy atom. The average Bonchev–Trinajstić information content (AvgIpc) is 3.13. The molecule has 57 heavy (non-hydrogen) atoms. The summed E-state index contributed by atoms with van der Waals surface area (Å²) in [6.07, 6.45) is 28.2. The topological polar surface area (TPSA) is 150 Å². The number of carboxylic acids is 3. The fourth-order valence-electron chi connectivity index (χ4n) is 4.40. The third-order valence-electron chi connectivity index (χ3n) is 7.22. The molecule has 4 aromatic heterocycles. The third-order valence-corrected chi connectivity index (χ3v) is 7.22. The number of carboxylic acid groups (broad SMARTS) is 3. The Hall–Kier alpha value is -6.23. The van der Waals surface area contributed by atoms with Crippen LogP contribution in [0.15, 0.2) is 122 Å². The highest BCUT2D eigenvalue weighted by molar-refractivity contribution is 5.65. The van der Waals surface area contributed by atoms with Crippen LogP contribution >= 0.6 is 0 Å². The number of pyridine rings is 4. The number of aliphatic carboxylic acids is 3. The standard InChI is InChI=1S/3C12H15NO2.C10H13NO/c1-10(2)3-4-11-5-7-13(8-6-11)9-12(14)15;1-10(2)5-6-11-4-3-7-13(8-11)9-12(14)15;1-10(2)6-7-11-5-3-4-8-13(11)9-12(14)15;1-9(2)3-4-10-5-7-11(12)8-6-10/h3*3-8,10H,9H2,1-2H3;3-9H,1-2H3/p+3/b4-3+;6-5+;7-6+;4-3+. The highest BCUT2D eigenvalue weighted by Gasteiger charge is 2.11. The Morgan fingerprint density at radius 3 is 1.42 bits per heavy atom. The number of aromatic nitrogens is 4. The molecule has 304 valence electrons. The predicted molar refractivity (Wildman–Crippen MR) is 224 cm³/mol. The Kier molecular flexibility index (Phi) is 23.4. The molecule has 0 saturated heterocycles. The van der Waals surface area contributed by atoms with Gasteiger partial charge in [-0.2, -0.15) is 18.4 Å². The van der Waals surface area contributed by atoms with Crippen molar-refractivity contribution in [3.63, 3.8) is 0 Å². The first-order valence-corrected chi connectivity index (χ1v) is 19.0. The van der Waals surface area contributed by atoms with E-state index in [1.807, 2.05) is 79.0 Å². The Bertz CT molecular complexity index is 1910. The Morgan fingerprint density at radius 1 is 0.509 bits per heavy atom. The van der Waals surface area contributed by atoms with Crippen molar-refractivity contribution < 1.29 is 48.1 Å². The van der Waals surface area contributed by atoms with Gasteiger partial charge < -0.3 is 20.5 Å². The van der Waals surface area contributed by atoms with Crippen LogP contribution in [-0.4, -0.2) is 33.2 Å². The van der Waals surface area contributed by atoms with Crippen LogP contribution in [0.2, 0.25) is 0 Å². The van der Waals surface area contributed by atoms with E-state index in [4.69, 9.17) is 15.3 Å². The van der Waals surface area contributed by atoms with Crippen LogP contribution in [0.4, 0.5) is 0 Å². The van der Waals surface area contributed by atoms with Crippen molar-refractivity contribution in [1.29, 1.82) is 0 Å². The lowest BCUT2D eigenvalue weighted by Crippen LogP contribution is -2.40. The van der Waals surface area contributed by atoms with Gasteiger partial charge in [-0.1, -0.05) is 97.9 Å². The van der Waals surface area contributed by atoms with Crippen molar-refractivity contribution in [1.82, 2.24) is 0 Å². The number of carbonyl (C=O) groups is 3. The van der Waals surface area contributed by atoms with Gasteiger partial charge in [0.2, 0.25) is 25.3 Å². The van der Waals surface area contributed by atoms with Gasteiger partial charge in [-0.3, -0.25) is 0 Å². The maximum Gasteiger partial charge on any atom is 0.370 e. The second-order valence-electron chi connectivity index (χ2n) is 14.5. The number of nitrogens with zero attached hydrogens (tertiary/aromatic N) is 4. The molecule has 0 aromatic carbocycles. The van der Waals surface area contributed by atoms with Gasteiger partial charge in [0.25, 0.3) is 0 Å². The van der Waals surface area contributed by atoms with Gasteiger partial charge in [0, 0.05) is 54.1 Å². The van der Waals surface area contributed by atoms with Crippen molar-refractivity contribution in [2.45, 2.75) is 75.0 Å². The summed E-state index contributed by atoms with van der Waals surface area (Å²) < 4.78 is 5.78. The highest BCUT2D eigenvalue weighted by Crippen LogP contribution is 2.05. The number of allylic oxidation sites excluding steroid dienone is 4. The average molecular weight is 782 g/mol. The van der Waals surface area contributed by atoms with Crippen LogP contribution < -0.4 is 18.4 Å². The first kappa shape index (κ1) is 48.8. The summed E-state index contributed by atoms with van der Waals surface area (Å²) in [6.45, 7) is 16.8. The van der Waals surface area contributed by atoms with Gasteiger partial charge >= 0.3 is 17.9 Å². The van der Waals surface area contributed by atoms with Crippen molar-refractivity contribution in [3.05, 3.63) is 150 Å². The predicted octanol–water partition coefficient (Wildman–Crippen LogP) is 7.17. The largest absolute Gasteiger partial charge is 0.619 e. The monoisotopic (exact) mass is 781 g/mol. The molecule has 3 N–H and O–H groups in total. The Balaban J connectivity index is 0.000000381. The van der Waals surface area contributed by atoms with E-state index in [1.54, 1.807) is 50.6 Å². The van der Waals surface area contributed by atoms with E-state index >= 15 is 0 Å². The normalized spacial score (nSPS) is 11.2. The first-order chi connectivity index (χ1) is 26.9. The molecule has 0 unspecified atom stereocenters. The molecule has 0 radical (unpaired) electrons. The lowest BCUT2D eigenvalue weighted by atomic mass is 10.1. The Labute approximate surface area is 338 Å². The molecule has 0 amide bonds. The quantitative estimate of drug-likeness (QED) is 0.0907. The molecule has 0 spiro atoms. The van der Waals surface area contributed by atoms with Crippen LogP contribution in [0.3, 0.4) is 0 Å². The summed E-state index contributed by atoms with van der Waals surface area (Å²) >= 11 is 0. The lowest BCUT2D eigenvalue weighted by molar-refractivity contribution is -0.687. The molecule has 0 saturated carbocycles. The SMILES string of the molecule is CC(C)/C=C/c1cc[n+](CC(=O)O)cc1.CC(C)/C=C/c1cc[n+]([O-])cc1.CC(C)/C=C/c1ccc[n+](CC(=O)O)c1.CC(C)/C=C/c1cccc[n+]1CC(=O)O. The van der Waals surface area contributed by atoms with Crippen LogP contribution in [-0.2, 0) is 34.0 Å². The maximum absolute atomic E-state index is 10.7.